The van der Waals surface area contributed by atoms with Crippen LogP contribution in [0.3, 0.4) is 0 Å². The maximum atomic E-state index is 5.79. The van der Waals surface area contributed by atoms with Crippen molar-refractivity contribution in [3.63, 3.8) is 0 Å². The van der Waals surface area contributed by atoms with Gasteiger partial charge in [0.25, 0.3) is 0 Å². The summed E-state index contributed by atoms with van der Waals surface area (Å²) in [5, 5.41) is 4.19. The van der Waals surface area contributed by atoms with E-state index in [1.54, 1.807) is 0 Å². The summed E-state index contributed by atoms with van der Waals surface area (Å²) in [6, 6.07) is 8.76. The first-order valence-corrected chi connectivity index (χ1v) is 5.83. The lowest BCUT2D eigenvalue weighted by molar-refractivity contribution is 0.405. The van der Waals surface area contributed by atoms with E-state index in [2.05, 4.69) is 17.4 Å². The smallest absolute Gasteiger partial charge is 0.0406 e. The number of nitrogens with one attached hydrogen (secondary N) is 1. The Morgan fingerprint density at radius 2 is 2.08 bits per heavy atom. The molecule has 1 aromatic rings. The zero-order valence-electron chi connectivity index (χ0n) is 7.29. The van der Waals surface area contributed by atoms with Gasteiger partial charge >= 0.3 is 0 Å². The Hall–Kier alpha value is -0.180. The molecular formula is C10H12ClNS. The fourth-order valence-corrected chi connectivity index (χ4v) is 2.35. The third-order valence-corrected chi connectivity index (χ3v) is 3.62. The lowest BCUT2D eigenvalue weighted by atomic mass is 10.1. The molecule has 3 heteroatoms. The van der Waals surface area contributed by atoms with E-state index in [1.807, 2.05) is 23.9 Å². The molecule has 1 aliphatic heterocycles. The molecule has 0 radical (unpaired) electrons. The van der Waals surface area contributed by atoms with Gasteiger partial charge in [0.2, 0.25) is 0 Å². The van der Waals surface area contributed by atoms with Crippen LogP contribution in [0.5, 0.6) is 0 Å². The third-order valence-electron chi connectivity index (χ3n) is 2.19. The molecule has 70 valence electrons. The largest absolute Gasteiger partial charge is 0.313 e. The van der Waals surface area contributed by atoms with Crippen LogP contribution >= 0.6 is 23.4 Å². The first kappa shape index (κ1) is 9.38. The van der Waals surface area contributed by atoms with Crippen molar-refractivity contribution in [1.29, 1.82) is 0 Å². The molecule has 0 amide bonds. The van der Waals surface area contributed by atoms with E-state index in [1.165, 1.54) is 23.6 Å². The summed E-state index contributed by atoms with van der Waals surface area (Å²) >= 11 is 7.68. The van der Waals surface area contributed by atoms with Gasteiger partial charge in [-0.15, -0.1) is 11.8 Å². The van der Waals surface area contributed by atoms with E-state index in [-0.39, 0.29) is 0 Å². The zero-order valence-corrected chi connectivity index (χ0v) is 8.87. The van der Waals surface area contributed by atoms with Crippen LogP contribution in [0, 0.1) is 0 Å². The lowest BCUT2D eigenvalue weighted by Crippen LogP contribution is -2.44. The summed E-state index contributed by atoms with van der Waals surface area (Å²) in [4.78, 5) is 1.30. The van der Waals surface area contributed by atoms with Crippen molar-refractivity contribution in [1.82, 2.24) is 5.32 Å². The van der Waals surface area contributed by atoms with Crippen molar-refractivity contribution in [2.24, 2.45) is 0 Å². The van der Waals surface area contributed by atoms with Crippen molar-refractivity contribution in [2.45, 2.75) is 17.4 Å². The molecular weight excluding hydrogens is 202 g/mol. The maximum Gasteiger partial charge on any atom is 0.0406 e. The van der Waals surface area contributed by atoms with Gasteiger partial charge in [-0.1, -0.05) is 11.6 Å². The minimum atomic E-state index is 0.723. The highest BCUT2D eigenvalue weighted by Crippen LogP contribution is 2.22. The average Bonchev–Trinajstić information content (AvgIpc) is 2.05. The summed E-state index contributed by atoms with van der Waals surface area (Å²) in [6.07, 6.45) is 1.32. The normalized spacial score (nSPS) is 21.2. The molecule has 0 aromatic heterocycles. The summed E-state index contributed by atoms with van der Waals surface area (Å²) in [6.45, 7) is 1.19. The number of hydrogen-bond acceptors (Lipinski definition) is 2. The van der Waals surface area contributed by atoms with E-state index in [0.717, 1.165) is 11.1 Å². The predicted octanol–water partition coefficient (Wildman–Crippen LogP) is 2.79. The summed E-state index contributed by atoms with van der Waals surface area (Å²) < 4.78 is 0. The third kappa shape index (κ3) is 2.63. The van der Waals surface area contributed by atoms with Crippen molar-refractivity contribution in [3.05, 3.63) is 29.3 Å². The van der Waals surface area contributed by atoms with Gasteiger partial charge in [0.1, 0.15) is 0 Å². The minimum absolute atomic E-state index is 0.723. The predicted molar refractivity (Wildman–Crippen MR) is 58.6 cm³/mol. The molecule has 1 aromatic carbocycles. The van der Waals surface area contributed by atoms with Gasteiger partial charge in [0.15, 0.2) is 0 Å². The number of thioether (sulfide) groups is 1. The highest BCUT2D eigenvalue weighted by Gasteiger charge is 2.15. The first-order chi connectivity index (χ1) is 6.34. The molecule has 2 rings (SSSR count). The van der Waals surface area contributed by atoms with E-state index < -0.39 is 0 Å². The van der Waals surface area contributed by atoms with Crippen LogP contribution in [-0.4, -0.2) is 18.3 Å². The van der Waals surface area contributed by atoms with Crippen molar-refractivity contribution < 1.29 is 0 Å². The van der Waals surface area contributed by atoms with Gasteiger partial charge in [0, 0.05) is 21.7 Å². The molecule has 1 saturated heterocycles. The average molecular weight is 214 g/mol. The van der Waals surface area contributed by atoms with Crippen LogP contribution in [0.15, 0.2) is 29.2 Å². The van der Waals surface area contributed by atoms with Crippen molar-refractivity contribution in [3.8, 4) is 0 Å². The Morgan fingerprint density at radius 1 is 1.38 bits per heavy atom. The number of rotatable bonds is 3. The Labute approximate surface area is 87.9 Å². The Morgan fingerprint density at radius 3 is 2.62 bits per heavy atom. The molecule has 0 saturated carbocycles. The van der Waals surface area contributed by atoms with Crippen LogP contribution in [0.25, 0.3) is 0 Å². The van der Waals surface area contributed by atoms with Gasteiger partial charge in [-0.3, -0.25) is 0 Å². The number of hydrogen-bond donors (Lipinski definition) is 1. The van der Waals surface area contributed by atoms with E-state index in [0.29, 0.717) is 0 Å². The maximum absolute atomic E-state index is 5.79. The standard InChI is InChI=1S/C10H12ClNS/c11-8-1-3-10(4-2-8)13-7-9-5-6-12-9/h1-4,9,12H,5-7H2. The zero-order chi connectivity index (χ0) is 9.10. The highest BCUT2D eigenvalue weighted by atomic mass is 35.5. The topological polar surface area (TPSA) is 12.0 Å². The minimum Gasteiger partial charge on any atom is -0.313 e. The molecule has 1 N–H and O–H groups in total. The van der Waals surface area contributed by atoms with Gasteiger partial charge in [0.05, 0.1) is 0 Å². The molecule has 0 bridgehead atoms. The highest BCUT2D eigenvalue weighted by molar-refractivity contribution is 7.99. The molecule has 1 unspecified atom stereocenters. The summed E-state index contributed by atoms with van der Waals surface area (Å²) in [7, 11) is 0. The monoisotopic (exact) mass is 213 g/mol. The Kier molecular flexibility index (Phi) is 3.14. The van der Waals surface area contributed by atoms with Gasteiger partial charge < -0.3 is 5.32 Å². The van der Waals surface area contributed by atoms with Crippen LogP contribution < -0.4 is 5.32 Å². The molecule has 1 fully saturated rings. The van der Waals surface area contributed by atoms with E-state index in [9.17, 15) is 0 Å². The van der Waals surface area contributed by atoms with Gasteiger partial charge in [-0.05, 0) is 37.2 Å². The van der Waals surface area contributed by atoms with Crippen LogP contribution in [-0.2, 0) is 0 Å². The molecule has 13 heavy (non-hydrogen) atoms. The number of halogens is 1. The molecule has 1 aliphatic rings. The van der Waals surface area contributed by atoms with Crippen LogP contribution in [0.1, 0.15) is 6.42 Å². The second-order valence-corrected chi connectivity index (χ2v) is 4.73. The fourth-order valence-electron chi connectivity index (χ4n) is 1.22. The van der Waals surface area contributed by atoms with E-state index in [4.69, 9.17) is 11.6 Å². The molecule has 0 aliphatic carbocycles. The van der Waals surface area contributed by atoms with Crippen molar-refractivity contribution in [2.75, 3.05) is 12.3 Å². The molecule has 1 nitrogen and oxygen atoms in total. The Bertz CT molecular complexity index is 269. The second-order valence-electron chi connectivity index (χ2n) is 3.20. The summed E-state index contributed by atoms with van der Waals surface area (Å²) in [5.41, 5.74) is 0. The second kappa shape index (κ2) is 4.36. The lowest BCUT2D eigenvalue weighted by Gasteiger charge is -2.27. The number of benzene rings is 1. The van der Waals surface area contributed by atoms with E-state index >= 15 is 0 Å². The van der Waals surface area contributed by atoms with Crippen molar-refractivity contribution >= 4 is 23.4 Å². The molecule has 0 spiro atoms. The quantitative estimate of drug-likeness (QED) is 0.776. The van der Waals surface area contributed by atoms with Gasteiger partial charge in [-0.2, -0.15) is 0 Å². The van der Waals surface area contributed by atoms with Crippen LogP contribution in [0.2, 0.25) is 5.02 Å². The first-order valence-electron chi connectivity index (χ1n) is 4.46. The fraction of sp³-hybridized carbons (Fsp3) is 0.400. The van der Waals surface area contributed by atoms with Crippen LogP contribution in [0.4, 0.5) is 0 Å². The van der Waals surface area contributed by atoms with Gasteiger partial charge in [-0.25, -0.2) is 0 Å². The molecule has 1 atom stereocenters. The Balaban J connectivity index is 1.83. The SMILES string of the molecule is Clc1ccc(SCC2CCN2)cc1. The summed E-state index contributed by atoms with van der Waals surface area (Å²) in [5.74, 6) is 1.17. The molecule has 1 heterocycles.